The Morgan fingerprint density at radius 3 is 2.60 bits per heavy atom. The quantitative estimate of drug-likeness (QED) is 0.369. The lowest BCUT2D eigenvalue weighted by Crippen LogP contribution is -2.22. The molecule has 0 fully saturated rings. The molecule has 1 atom stereocenters. The van der Waals surface area contributed by atoms with Crippen LogP contribution in [0.15, 0.2) is 40.3 Å². The number of aromatic nitrogens is 7. The van der Waals surface area contributed by atoms with Crippen molar-refractivity contribution in [3.05, 3.63) is 57.1 Å². The van der Waals surface area contributed by atoms with E-state index in [1.807, 2.05) is 4.98 Å². The second-order valence-electron chi connectivity index (χ2n) is 7.11. The Hall–Kier alpha value is -4.37. The average molecular weight is 499 g/mol. The smallest absolute Gasteiger partial charge is 0.422 e. The van der Waals surface area contributed by atoms with Gasteiger partial charge in [-0.1, -0.05) is 0 Å². The van der Waals surface area contributed by atoms with Gasteiger partial charge < -0.3 is 14.5 Å². The number of rotatable bonds is 7. The Balaban J connectivity index is 1.70. The van der Waals surface area contributed by atoms with E-state index in [0.29, 0.717) is 0 Å². The molecule has 0 unspecified atom stereocenters. The van der Waals surface area contributed by atoms with Gasteiger partial charge in [-0.25, -0.2) is 18.3 Å². The first-order chi connectivity index (χ1) is 16.5. The summed E-state index contributed by atoms with van der Waals surface area (Å²) in [6, 6.07) is 2.25. The van der Waals surface area contributed by atoms with Crippen molar-refractivity contribution in [2.24, 2.45) is 7.05 Å². The zero-order chi connectivity index (χ0) is 25.3. The minimum absolute atomic E-state index is 0.00865. The number of aromatic amines is 2. The van der Waals surface area contributed by atoms with Crippen molar-refractivity contribution in [2.45, 2.75) is 18.7 Å². The lowest BCUT2D eigenvalue weighted by atomic mass is 10.1. The predicted octanol–water partition coefficient (Wildman–Crippen LogP) is 2.13. The van der Waals surface area contributed by atoms with Crippen LogP contribution in [-0.4, -0.2) is 54.1 Å². The van der Waals surface area contributed by atoms with Crippen LogP contribution in [-0.2, 0) is 7.05 Å². The van der Waals surface area contributed by atoms with Crippen LogP contribution >= 0.6 is 0 Å². The van der Waals surface area contributed by atoms with Gasteiger partial charge in [-0.05, 0) is 12.1 Å². The molecule has 0 aliphatic rings. The van der Waals surface area contributed by atoms with Crippen LogP contribution in [0, 0.1) is 0 Å². The minimum atomic E-state index is -4.63. The highest BCUT2D eigenvalue weighted by atomic mass is 19.4. The van der Waals surface area contributed by atoms with Crippen molar-refractivity contribution in [3.8, 4) is 22.9 Å². The van der Waals surface area contributed by atoms with Gasteiger partial charge in [0, 0.05) is 25.0 Å². The molecule has 0 aliphatic heterocycles. The molecule has 184 valence electrons. The Morgan fingerprint density at radius 1 is 1.14 bits per heavy atom. The maximum atomic E-state index is 13.9. The van der Waals surface area contributed by atoms with Crippen LogP contribution in [0.25, 0.3) is 22.3 Å². The minimum Gasteiger partial charge on any atom is -0.482 e. The summed E-state index contributed by atoms with van der Waals surface area (Å²) in [4.78, 5) is 31.3. The van der Waals surface area contributed by atoms with Gasteiger partial charge in [-0.15, -0.1) is 15.3 Å². The van der Waals surface area contributed by atoms with Crippen LogP contribution in [0.4, 0.5) is 22.0 Å². The molecule has 0 saturated heterocycles. The van der Waals surface area contributed by atoms with Crippen molar-refractivity contribution < 1.29 is 31.4 Å². The van der Waals surface area contributed by atoms with Gasteiger partial charge in [0.25, 0.3) is 12.0 Å². The second kappa shape index (κ2) is 9.11. The summed E-state index contributed by atoms with van der Waals surface area (Å²) in [5, 5.41) is 11.9. The summed E-state index contributed by atoms with van der Waals surface area (Å²) < 4.78 is 76.2. The number of pyridine rings is 1. The summed E-state index contributed by atoms with van der Waals surface area (Å²) in [5.41, 5.74) is -1.71. The number of hydrogen-bond donors (Lipinski definition) is 2. The summed E-state index contributed by atoms with van der Waals surface area (Å²) in [6.45, 7) is -1.63. The highest BCUT2D eigenvalue weighted by Crippen LogP contribution is 2.33. The number of aryl methyl sites for hydroxylation is 1. The summed E-state index contributed by atoms with van der Waals surface area (Å²) in [6.07, 6.45) is -6.71. The molecule has 35 heavy (non-hydrogen) atoms. The van der Waals surface area contributed by atoms with E-state index < -0.39 is 36.6 Å². The van der Waals surface area contributed by atoms with Gasteiger partial charge in [0.1, 0.15) is 11.4 Å². The summed E-state index contributed by atoms with van der Waals surface area (Å²) in [5.74, 6) is -0.697. The Labute approximate surface area is 190 Å². The van der Waals surface area contributed by atoms with Crippen molar-refractivity contribution >= 4 is 11.0 Å². The van der Waals surface area contributed by atoms with E-state index in [9.17, 15) is 31.5 Å². The van der Waals surface area contributed by atoms with Gasteiger partial charge in [0.05, 0.1) is 17.1 Å². The lowest BCUT2D eigenvalue weighted by Gasteiger charge is -2.18. The predicted molar refractivity (Wildman–Crippen MR) is 108 cm³/mol. The van der Waals surface area contributed by atoms with E-state index >= 15 is 0 Å². The topological polar surface area (TPSA) is 141 Å². The van der Waals surface area contributed by atoms with Gasteiger partial charge >= 0.3 is 11.9 Å². The fourth-order valence-electron chi connectivity index (χ4n) is 3.06. The molecule has 16 heteroatoms. The van der Waals surface area contributed by atoms with Gasteiger partial charge in [-0.3, -0.25) is 14.8 Å². The molecule has 0 aromatic carbocycles. The largest absolute Gasteiger partial charge is 0.482 e. The van der Waals surface area contributed by atoms with E-state index in [0.717, 1.165) is 24.7 Å². The van der Waals surface area contributed by atoms with Crippen molar-refractivity contribution in [1.29, 1.82) is 0 Å². The third-order valence-electron chi connectivity index (χ3n) is 4.58. The standard InChI is InChI=1S/C19H14F5N7O4/c1-31-15-10(3-12(28-29-15)11-6-26-18(33)27-16(11)32)17(30-31)35-13(14(20)21)8-2-9(5-25-4-8)34-7-19(22,23)24/h2-6,13-14H,7H2,1H3,(H2,26,27,32,33)/t13-/m0/s1. The first-order valence-electron chi connectivity index (χ1n) is 9.64. The average Bonchev–Trinajstić information content (AvgIpc) is 3.10. The molecule has 0 radical (unpaired) electrons. The van der Waals surface area contributed by atoms with Crippen LogP contribution < -0.4 is 20.7 Å². The van der Waals surface area contributed by atoms with Crippen molar-refractivity contribution in [2.75, 3.05) is 6.61 Å². The van der Waals surface area contributed by atoms with Gasteiger partial charge in [-0.2, -0.15) is 13.2 Å². The van der Waals surface area contributed by atoms with Crippen molar-refractivity contribution in [3.63, 3.8) is 0 Å². The van der Waals surface area contributed by atoms with Crippen LogP contribution in [0.1, 0.15) is 11.7 Å². The van der Waals surface area contributed by atoms with E-state index in [1.54, 1.807) is 0 Å². The van der Waals surface area contributed by atoms with Crippen LogP contribution in [0.2, 0.25) is 0 Å². The second-order valence-corrected chi connectivity index (χ2v) is 7.11. The van der Waals surface area contributed by atoms with Crippen LogP contribution in [0.3, 0.4) is 0 Å². The molecule has 0 amide bonds. The first-order valence-corrected chi connectivity index (χ1v) is 9.64. The Kier molecular flexibility index (Phi) is 6.19. The van der Waals surface area contributed by atoms with E-state index in [4.69, 9.17) is 4.74 Å². The molecular weight excluding hydrogens is 485 g/mol. The fraction of sp³-hybridized carbons (Fsp3) is 0.263. The molecule has 4 rings (SSSR count). The number of H-pyrrole nitrogens is 2. The number of fused-ring (bicyclic) bond motifs is 1. The molecule has 2 N–H and O–H groups in total. The number of nitrogens with zero attached hydrogens (tertiary/aromatic N) is 5. The Bertz CT molecular complexity index is 1480. The summed E-state index contributed by atoms with van der Waals surface area (Å²) >= 11 is 0. The monoisotopic (exact) mass is 499 g/mol. The number of hydrogen-bond acceptors (Lipinski definition) is 8. The van der Waals surface area contributed by atoms with Crippen molar-refractivity contribution in [1.82, 2.24) is 34.9 Å². The highest BCUT2D eigenvalue weighted by Gasteiger charge is 2.30. The maximum Gasteiger partial charge on any atom is 0.422 e. The highest BCUT2D eigenvalue weighted by molar-refractivity contribution is 5.84. The normalized spacial score (nSPS) is 12.8. The van der Waals surface area contributed by atoms with E-state index in [1.165, 1.54) is 17.8 Å². The molecule has 0 saturated carbocycles. The number of alkyl halides is 5. The molecule has 4 aromatic rings. The van der Waals surface area contributed by atoms with Gasteiger partial charge in [0.2, 0.25) is 5.88 Å². The zero-order valence-electron chi connectivity index (χ0n) is 17.5. The van der Waals surface area contributed by atoms with E-state index in [-0.39, 0.29) is 39.5 Å². The third kappa shape index (κ3) is 5.25. The number of ether oxygens (including phenoxy) is 2. The summed E-state index contributed by atoms with van der Waals surface area (Å²) in [7, 11) is 1.45. The molecule has 4 aromatic heterocycles. The SMILES string of the molecule is Cn1nc(O[C@@H](c2cncc(OCC(F)(F)F)c2)C(F)F)c2cc(-c3c[nH]c(=O)[nH]c3=O)nnc21. The molecule has 0 spiro atoms. The van der Waals surface area contributed by atoms with Gasteiger partial charge in [0.15, 0.2) is 18.4 Å². The molecule has 11 nitrogen and oxygen atoms in total. The van der Waals surface area contributed by atoms with Crippen LogP contribution in [0.5, 0.6) is 11.6 Å². The third-order valence-corrected chi connectivity index (χ3v) is 4.58. The molecular formula is C19H14F5N7O4. The molecule has 0 aliphatic carbocycles. The Morgan fingerprint density at radius 2 is 1.91 bits per heavy atom. The number of nitrogens with one attached hydrogen (secondary N) is 2. The molecule has 0 bridgehead atoms. The fourth-order valence-corrected chi connectivity index (χ4v) is 3.06. The first kappa shape index (κ1) is 23.8. The van der Waals surface area contributed by atoms with E-state index in [2.05, 4.69) is 30.0 Å². The molecule has 4 heterocycles. The lowest BCUT2D eigenvalue weighted by molar-refractivity contribution is -0.153. The number of halogens is 5. The zero-order valence-corrected chi connectivity index (χ0v) is 17.5. The maximum absolute atomic E-state index is 13.9.